The van der Waals surface area contributed by atoms with Crippen LogP contribution in [0, 0.1) is 6.92 Å². The van der Waals surface area contributed by atoms with Gasteiger partial charge in [0.1, 0.15) is 5.75 Å². The predicted octanol–water partition coefficient (Wildman–Crippen LogP) is 6.27. The monoisotopic (exact) mass is 472 g/mol. The maximum absolute atomic E-state index is 6.10. The third kappa shape index (κ3) is 8.40. The molecule has 0 saturated carbocycles. The Morgan fingerprint density at radius 3 is 2.59 bits per heavy atom. The number of thiazole rings is 1. The molecule has 3 aromatic rings. The van der Waals surface area contributed by atoms with E-state index >= 15 is 0 Å². The average molecular weight is 473 g/mol. The Morgan fingerprint density at radius 2 is 1.93 bits per heavy atom. The molecule has 9 heteroatoms. The average Bonchev–Trinajstić information content (AvgIpc) is 3.06. The first-order valence-electron chi connectivity index (χ1n) is 8.80. The summed E-state index contributed by atoms with van der Waals surface area (Å²) in [7, 11) is 4.19. The van der Waals surface area contributed by atoms with Gasteiger partial charge in [0.2, 0.25) is 0 Å². The van der Waals surface area contributed by atoms with Crippen LogP contribution in [0.4, 0.5) is 10.9 Å². The van der Waals surface area contributed by atoms with Crippen LogP contribution in [0.1, 0.15) is 12.1 Å². The minimum atomic E-state index is 0. The van der Waals surface area contributed by atoms with E-state index in [1.54, 1.807) is 23.1 Å². The van der Waals surface area contributed by atoms with Crippen LogP contribution in [0.3, 0.4) is 0 Å². The second kappa shape index (κ2) is 12.9. The zero-order valence-corrected chi connectivity index (χ0v) is 19.9. The molecule has 0 aliphatic carbocycles. The summed E-state index contributed by atoms with van der Waals surface area (Å²) in [5, 5.41) is 6.10. The van der Waals surface area contributed by atoms with Gasteiger partial charge in [0.15, 0.2) is 16.7 Å². The van der Waals surface area contributed by atoms with Crippen molar-refractivity contribution in [2.45, 2.75) is 18.2 Å². The summed E-state index contributed by atoms with van der Waals surface area (Å²) in [6.07, 6.45) is 3.02. The molecule has 0 amide bonds. The molecule has 0 atom stereocenters. The highest BCUT2D eigenvalue weighted by Crippen LogP contribution is 2.34. The standard InChI is InChI=1S/C20H24N4OS2.2ClH/c1-15-14-27-20(22-15)23-19-18(25-16-8-5-4-6-9-16)12-17(13-21-19)26-11-7-10-24(2)3;;/h4-6,8-9,12-14H,7,10-11H2,1-3H3,(H,21,22,23);2*1H. The summed E-state index contributed by atoms with van der Waals surface area (Å²) in [5.74, 6) is 3.20. The van der Waals surface area contributed by atoms with Crippen molar-refractivity contribution >= 4 is 58.9 Å². The van der Waals surface area contributed by atoms with Crippen molar-refractivity contribution in [2.24, 2.45) is 0 Å². The van der Waals surface area contributed by atoms with Gasteiger partial charge in [-0.1, -0.05) is 18.2 Å². The second-order valence-electron chi connectivity index (χ2n) is 6.36. The summed E-state index contributed by atoms with van der Waals surface area (Å²) in [5.41, 5.74) is 0.987. The first kappa shape index (κ1) is 25.5. The SMILES string of the molecule is Cc1csc(Nc2ncc(SCCCN(C)C)cc2Oc2ccccc2)n1.Cl.Cl. The second-order valence-corrected chi connectivity index (χ2v) is 8.38. The highest BCUT2D eigenvalue weighted by Gasteiger charge is 2.11. The highest BCUT2D eigenvalue weighted by atomic mass is 35.5. The van der Waals surface area contributed by atoms with Gasteiger partial charge in [0.05, 0.1) is 5.69 Å². The zero-order valence-electron chi connectivity index (χ0n) is 16.6. The molecular weight excluding hydrogens is 447 g/mol. The third-order valence-corrected chi connectivity index (χ3v) is 5.59. The summed E-state index contributed by atoms with van der Waals surface area (Å²) in [4.78, 5) is 12.3. The first-order chi connectivity index (χ1) is 13.1. The quantitative estimate of drug-likeness (QED) is 0.292. The molecule has 2 heterocycles. The first-order valence-corrected chi connectivity index (χ1v) is 10.7. The Labute approximate surface area is 193 Å². The van der Waals surface area contributed by atoms with E-state index < -0.39 is 0 Å². The molecule has 1 aromatic carbocycles. The Balaban J connectivity index is 0.00000210. The van der Waals surface area contributed by atoms with E-state index in [2.05, 4.69) is 34.3 Å². The fourth-order valence-electron chi connectivity index (χ4n) is 2.38. The molecule has 0 fully saturated rings. The Morgan fingerprint density at radius 1 is 1.17 bits per heavy atom. The van der Waals surface area contributed by atoms with Crippen LogP contribution in [0.25, 0.3) is 0 Å². The van der Waals surface area contributed by atoms with Crippen LogP contribution in [0.15, 0.2) is 52.9 Å². The van der Waals surface area contributed by atoms with E-state index in [1.165, 1.54) is 0 Å². The Bertz CT molecular complexity index is 863. The number of halogens is 2. The lowest BCUT2D eigenvalue weighted by Crippen LogP contribution is -2.13. The van der Waals surface area contributed by atoms with E-state index in [9.17, 15) is 0 Å². The van der Waals surface area contributed by atoms with Crippen molar-refractivity contribution in [2.75, 3.05) is 31.7 Å². The number of thioether (sulfide) groups is 1. The molecule has 0 aliphatic rings. The zero-order chi connectivity index (χ0) is 19.1. The molecule has 2 aromatic heterocycles. The molecule has 29 heavy (non-hydrogen) atoms. The topological polar surface area (TPSA) is 50.3 Å². The fraction of sp³-hybridized carbons (Fsp3) is 0.300. The van der Waals surface area contributed by atoms with Crippen molar-refractivity contribution < 1.29 is 4.74 Å². The van der Waals surface area contributed by atoms with Gasteiger partial charge < -0.3 is 15.0 Å². The Kier molecular flexibility index (Phi) is 11.4. The third-order valence-electron chi connectivity index (χ3n) is 3.66. The number of para-hydroxylation sites is 1. The van der Waals surface area contributed by atoms with Gasteiger partial charge in [-0.15, -0.1) is 47.9 Å². The van der Waals surface area contributed by atoms with Gasteiger partial charge in [0, 0.05) is 16.5 Å². The molecule has 158 valence electrons. The number of aromatic nitrogens is 2. The number of pyridine rings is 1. The van der Waals surface area contributed by atoms with E-state index in [0.717, 1.165) is 40.2 Å². The van der Waals surface area contributed by atoms with E-state index in [4.69, 9.17) is 4.74 Å². The van der Waals surface area contributed by atoms with E-state index in [-0.39, 0.29) is 24.8 Å². The van der Waals surface area contributed by atoms with Crippen LogP contribution in [-0.2, 0) is 0 Å². The summed E-state index contributed by atoms with van der Waals surface area (Å²) in [6, 6.07) is 11.8. The number of benzene rings is 1. The summed E-state index contributed by atoms with van der Waals surface area (Å²) in [6.45, 7) is 3.06. The van der Waals surface area contributed by atoms with E-state index in [0.29, 0.717) is 11.6 Å². The normalized spacial score (nSPS) is 10.2. The van der Waals surface area contributed by atoms with Gasteiger partial charge in [-0.25, -0.2) is 9.97 Å². The van der Waals surface area contributed by atoms with Gasteiger partial charge in [-0.05, 0) is 57.9 Å². The number of rotatable bonds is 9. The molecule has 5 nitrogen and oxygen atoms in total. The largest absolute Gasteiger partial charge is 0.453 e. The van der Waals surface area contributed by atoms with Gasteiger partial charge >= 0.3 is 0 Å². The van der Waals surface area contributed by atoms with Crippen molar-refractivity contribution in [3.05, 3.63) is 53.7 Å². The van der Waals surface area contributed by atoms with Gasteiger partial charge in [-0.3, -0.25) is 0 Å². The van der Waals surface area contributed by atoms with Gasteiger partial charge in [-0.2, -0.15) is 0 Å². The molecule has 0 spiro atoms. The fourth-order valence-corrected chi connectivity index (χ4v) is 3.89. The van der Waals surface area contributed by atoms with Crippen LogP contribution in [-0.4, -0.2) is 41.3 Å². The highest BCUT2D eigenvalue weighted by molar-refractivity contribution is 7.99. The van der Waals surface area contributed by atoms with Crippen molar-refractivity contribution in [3.63, 3.8) is 0 Å². The smallest absolute Gasteiger partial charge is 0.188 e. The number of anilines is 2. The molecule has 3 rings (SSSR count). The number of ether oxygens (including phenoxy) is 1. The summed E-state index contributed by atoms with van der Waals surface area (Å²) < 4.78 is 6.10. The number of aryl methyl sites for hydroxylation is 1. The number of hydrogen-bond acceptors (Lipinski definition) is 7. The van der Waals surface area contributed by atoms with Gasteiger partial charge in [0.25, 0.3) is 0 Å². The molecular formula is C20H26Cl2N4OS2. The number of hydrogen-bond donors (Lipinski definition) is 1. The Hall–Kier alpha value is -1.51. The molecule has 0 radical (unpaired) electrons. The van der Waals surface area contributed by atoms with Crippen LogP contribution in [0.5, 0.6) is 11.5 Å². The number of nitrogens with one attached hydrogen (secondary N) is 1. The minimum Gasteiger partial charge on any atom is -0.453 e. The minimum absolute atomic E-state index is 0. The maximum atomic E-state index is 6.10. The molecule has 0 bridgehead atoms. The lowest BCUT2D eigenvalue weighted by Gasteiger charge is -2.13. The summed E-state index contributed by atoms with van der Waals surface area (Å²) >= 11 is 3.35. The number of nitrogens with zero attached hydrogens (tertiary/aromatic N) is 3. The van der Waals surface area contributed by atoms with Crippen molar-refractivity contribution in [1.82, 2.24) is 14.9 Å². The molecule has 0 unspecified atom stereocenters. The molecule has 0 saturated heterocycles. The van der Waals surface area contributed by atoms with Crippen LogP contribution < -0.4 is 10.1 Å². The van der Waals surface area contributed by atoms with Crippen LogP contribution >= 0.6 is 47.9 Å². The molecule has 0 aliphatic heterocycles. The molecule has 1 N–H and O–H groups in total. The lowest BCUT2D eigenvalue weighted by atomic mass is 10.3. The predicted molar refractivity (Wildman–Crippen MR) is 129 cm³/mol. The maximum Gasteiger partial charge on any atom is 0.188 e. The van der Waals surface area contributed by atoms with E-state index in [1.807, 2.05) is 54.9 Å². The van der Waals surface area contributed by atoms with Crippen molar-refractivity contribution in [1.29, 1.82) is 0 Å². The van der Waals surface area contributed by atoms with Crippen molar-refractivity contribution in [3.8, 4) is 11.5 Å². The lowest BCUT2D eigenvalue weighted by molar-refractivity contribution is 0.410. The van der Waals surface area contributed by atoms with Crippen LogP contribution in [0.2, 0.25) is 0 Å².